The molecule has 0 fully saturated rings. The predicted octanol–water partition coefficient (Wildman–Crippen LogP) is 1.78. The number of phenols is 2. The molecule has 1 aliphatic heterocycles. The average Bonchev–Trinajstić information content (AvgIpc) is 2.40. The molecule has 4 N–H and O–H groups in total. The van der Waals surface area contributed by atoms with Crippen molar-refractivity contribution < 1.29 is 25.2 Å². The largest absolute Gasteiger partial charge is 0.508 e. The number of ether oxygens (including phenoxy) is 1. The highest BCUT2D eigenvalue weighted by Gasteiger charge is 2.35. The molecular formula is C15H16O5. The molecule has 106 valence electrons. The lowest BCUT2D eigenvalue weighted by Crippen LogP contribution is -2.42. The van der Waals surface area contributed by atoms with E-state index in [0.29, 0.717) is 17.7 Å². The molecule has 1 aliphatic carbocycles. The second-order valence-electron chi connectivity index (χ2n) is 5.18. The molecule has 3 rings (SSSR count). The second-order valence-corrected chi connectivity index (χ2v) is 5.18. The van der Waals surface area contributed by atoms with E-state index in [4.69, 9.17) is 4.74 Å². The molecule has 20 heavy (non-hydrogen) atoms. The van der Waals surface area contributed by atoms with Crippen LogP contribution in [0.1, 0.15) is 12.0 Å². The van der Waals surface area contributed by atoms with Gasteiger partial charge in [0.1, 0.15) is 29.1 Å². The third-order valence-corrected chi connectivity index (χ3v) is 3.76. The Labute approximate surface area is 116 Å². The van der Waals surface area contributed by atoms with Gasteiger partial charge in [0.2, 0.25) is 0 Å². The summed E-state index contributed by atoms with van der Waals surface area (Å²) in [6.07, 6.45) is 4.69. The van der Waals surface area contributed by atoms with E-state index in [1.165, 1.54) is 12.1 Å². The van der Waals surface area contributed by atoms with Gasteiger partial charge < -0.3 is 25.2 Å². The number of aliphatic hydroxyl groups is 2. The summed E-state index contributed by atoms with van der Waals surface area (Å²) in [4.78, 5) is 0. The molecule has 5 heteroatoms. The van der Waals surface area contributed by atoms with Crippen LogP contribution in [-0.4, -0.2) is 32.6 Å². The van der Waals surface area contributed by atoms with Crippen LogP contribution < -0.4 is 4.74 Å². The first-order valence-electron chi connectivity index (χ1n) is 6.51. The second kappa shape index (κ2) is 4.76. The van der Waals surface area contributed by atoms with Gasteiger partial charge in [0.15, 0.2) is 0 Å². The maximum Gasteiger partial charge on any atom is 0.131 e. The van der Waals surface area contributed by atoms with Crippen molar-refractivity contribution in [1.29, 1.82) is 0 Å². The Balaban J connectivity index is 1.87. The molecule has 2 aliphatic rings. The third kappa shape index (κ3) is 2.20. The third-order valence-electron chi connectivity index (χ3n) is 3.76. The van der Waals surface area contributed by atoms with Crippen LogP contribution in [0, 0.1) is 5.92 Å². The van der Waals surface area contributed by atoms with Gasteiger partial charge in [-0.3, -0.25) is 0 Å². The van der Waals surface area contributed by atoms with E-state index in [-0.39, 0.29) is 29.6 Å². The van der Waals surface area contributed by atoms with Crippen LogP contribution in [0.2, 0.25) is 0 Å². The Morgan fingerprint density at radius 3 is 2.65 bits per heavy atom. The standard InChI is InChI=1S/C15H16O5/c16-9-3-1-8(2-4-9)15-13(19)7-11-12(18)5-10(17)6-14(11)20-15/h1,3-6,8,13,15-19H,2,7H2/t8?,13-,15+/m0/s1. The lowest BCUT2D eigenvalue weighted by Gasteiger charge is -2.35. The van der Waals surface area contributed by atoms with Crippen molar-refractivity contribution in [2.45, 2.75) is 25.0 Å². The average molecular weight is 276 g/mol. The Morgan fingerprint density at radius 2 is 1.95 bits per heavy atom. The Bertz CT molecular complexity index is 590. The highest BCUT2D eigenvalue weighted by molar-refractivity contribution is 5.51. The number of benzene rings is 1. The summed E-state index contributed by atoms with van der Waals surface area (Å²) in [6, 6.07) is 2.67. The normalized spacial score (nSPS) is 28.4. The van der Waals surface area contributed by atoms with Gasteiger partial charge in [-0.05, 0) is 18.6 Å². The summed E-state index contributed by atoms with van der Waals surface area (Å²) in [5.41, 5.74) is 0.504. The van der Waals surface area contributed by atoms with Gasteiger partial charge >= 0.3 is 0 Å². The molecular weight excluding hydrogens is 260 g/mol. The molecule has 0 radical (unpaired) electrons. The number of hydrogen-bond acceptors (Lipinski definition) is 5. The highest BCUT2D eigenvalue weighted by atomic mass is 16.5. The fraction of sp³-hybridized carbons (Fsp3) is 0.333. The fourth-order valence-corrected chi connectivity index (χ4v) is 2.72. The number of phenolic OH excluding ortho intramolecular Hbond substituents is 2. The number of fused-ring (bicyclic) bond motifs is 1. The zero-order valence-electron chi connectivity index (χ0n) is 10.7. The maximum absolute atomic E-state index is 10.2. The van der Waals surface area contributed by atoms with Gasteiger partial charge in [-0.2, -0.15) is 0 Å². The van der Waals surface area contributed by atoms with E-state index in [1.54, 1.807) is 18.2 Å². The van der Waals surface area contributed by atoms with Gasteiger partial charge in [0.25, 0.3) is 0 Å². The van der Waals surface area contributed by atoms with Gasteiger partial charge in [-0.15, -0.1) is 0 Å². The molecule has 0 bridgehead atoms. The Morgan fingerprint density at radius 1 is 1.15 bits per heavy atom. The minimum atomic E-state index is -0.749. The zero-order valence-corrected chi connectivity index (χ0v) is 10.7. The quantitative estimate of drug-likeness (QED) is 0.627. The molecule has 1 unspecified atom stereocenters. The molecule has 0 aromatic heterocycles. The molecule has 1 aromatic carbocycles. The monoisotopic (exact) mass is 276 g/mol. The van der Waals surface area contributed by atoms with Crippen LogP contribution in [0.3, 0.4) is 0 Å². The van der Waals surface area contributed by atoms with Crippen LogP contribution >= 0.6 is 0 Å². The molecule has 0 amide bonds. The van der Waals surface area contributed by atoms with E-state index >= 15 is 0 Å². The van der Waals surface area contributed by atoms with Crippen molar-refractivity contribution >= 4 is 0 Å². The van der Waals surface area contributed by atoms with Gasteiger partial charge in [0.05, 0.1) is 6.10 Å². The van der Waals surface area contributed by atoms with Gasteiger partial charge in [-0.25, -0.2) is 0 Å². The van der Waals surface area contributed by atoms with E-state index < -0.39 is 12.2 Å². The lowest BCUT2D eigenvalue weighted by atomic mass is 9.86. The topological polar surface area (TPSA) is 90.2 Å². The first-order chi connectivity index (χ1) is 9.54. The first-order valence-corrected chi connectivity index (χ1v) is 6.51. The van der Waals surface area contributed by atoms with Crippen molar-refractivity contribution in [1.82, 2.24) is 0 Å². The van der Waals surface area contributed by atoms with Crippen LogP contribution in [0.5, 0.6) is 17.2 Å². The number of hydrogen-bond donors (Lipinski definition) is 4. The van der Waals surface area contributed by atoms with E-state index in [1.807, 2.05) is 0 Å². The summed E-state index contributed by atoms with van der Waals surface area (Å²) < 4.78 is 5.75. The summed E-state index contributed by atoms with van der Waals surface area (Å²) in [6.45, 7) is 0. The Kier molecular flexibility index (Phi) is 3.06. The van der Waals surface area contributed by atoms with Crippen molar-refractivity contribution in [3.8, 4) is 17.2 Å². The highest BCUT2D eigenvalue weighted by Crippen LogP contribution is 2.40. The summed E-state index contributed by atoms with van der Waals surface area (Å²) in [7, 11) is 0. The molecule has 1 heterocycles. The first kappa shape index (κ1) is 12.9. The van der Waals surface area contributed by atoms with Crippen LogP contribution in [0.4, 0.5) is 0 Å². The van der Waals surface area contributed by atoms with Crippen LogP contribution in [-0.2, 0) is 6.42 Å². The van der Waals surface area contributed by atoms with Crippen LogP contribution in [0.25, 0.3) is 0 Å². The van der Waals surface area contributed by atoms with E-state index in [9.17, 15) is 20.4 Å². The smallest absolute Gasteiger partial charge is 0.131 e. The fourth-order valence-electron chi connectivity index (χ4n) is 2.72. The SMILES string of the molecule is OC1=CCC([C@H]2Oc3cc(O)cc(O)c3C[C@@H]2O)C=C1. The number of aliphatic hydroxyl groups excluding tert-OH is 2. The minimum Gasteiger partial charge on any atom is -0.508 e. The van der Waals surface area contributed by atoms with E-state index in [2.05, 4.69) is 0 Å². The number of aromatic hydroxyl groups is 2. The minimum absolute atomic E-state index is 0.0569. The lowest BCUT2D eigenvalue weighted by molar-refractivity contribution is -0.00224. The van der Waals surface area contributed by atoms with Crippen molar-refractivity contribution in [2.75, 3.05) is 0 Å². The van der Waals surface area contributed by atoms with Crippen molar-refractivity contribution in [3.05, 3.63) is 41.7 Å². The van der Waals surface area contributed by atoms with Crippen molar-refractivity contribution in [3.63, 3.8) is 0 Å². The van der Waals surface area contributed by atoms with Gasteiger partial charge in [-0.1, -0.05) is 6.08 Å². The number of rotatable bonds is 1. The molecule has 0 saturated carbocycles. The molecule has 0 spiro atoms. The molecule has 5 nitrogen and oxygen atoms in total. The summed E-state index contributed by atoms with van der Waals surface area (Å²) >= 11 is 0. The molecule has 1 aromatic rings. The van der Waals surface area contributed by atoms with E-state index in [0.717, 1.165) is 0 Å². The van der Waals surface area contributed by atoms with Gasteiger partial charge in [0, 0.05) is 30.0 Å². The maximum atomic E-state index is 10.2. The number of allylic oxidation sites excluding steroid dienone is 2. The Hall–Kier alpha value is -2.14. The zero-order chi connectivity index (χ0) is 14.3. The molecule has 3 atom stereocenters. The predicted molar refractivity (Wildman–Crippen MR) is 71.9 cm³/mol. The summed E-state index contributed by atoms with van der Waals surface area (Å²) in [5.74, 6) is 0.396. The summed E-state index contributed by atoms with van der Waals surface area (Å²) in [5, 5.41) is 38.8. The molecule has 0 saturated heterocycles. The van der Waals surface area contributed by atoms with Crippen molar-refractivity contribution in [2.24, 2.45) is 5.92 Å². The van der Waals surface area contributed by atoms with Crippen LogP contribution in [0.15, 0.2) is 36.1 Å².